The fraction of sp³-hybridized carbons (Fsp3) is 0.556. The van der Waals surface area contributed by atoms with Crippen molar-refractivity contribution in [3.05, 3.63) is 35.9 Å². The number of terminal acetylenes is 1. The Bertz CT molecular complexity index is 421. The summed E-state index contributed by atoms with van der Waals surface area (Å²) in [4.78, 5) is 2.61. The molecule has 0 aromatic heterocycles. The van der Waals surface area contributed by atoms with Crippen molar-refractivity contribution in [2.24, 2.45) is 0 Å². The van der Waals surface area contributed by atoms with E-state index >= 15 is 0 Å². The summed E-state index contributed by atoms with van der Waals surface area (Å²) >= 11 is 0. The van der Waals surface area contributed by atoms with E-state index in [0.717, 1.165) is 32.4 Å². The second-order valence-electron chi connectivity index (χ2n) is 5.80. The van der Waals surface area contributed by atoms with Gasteiger partial charge in [-0.2, -0.15) is 0 Å². The maximum absolute atomic E-state index is 5.31. The highest BCUT2D eigenvalue weighted by molar-refractivity contribution is 5.16. The highest BCUT2D eigenvalue weighted by Crippen LogP contribution is 2.12. The van der Waals surface area contributed by atoms with Gasteiger partial charge < -0.3 is 5.32 Å². The number of nitrogens with one attached hydrogen (secondary N) is 1. The number of hydrogen-bond donors (Lipinski definition) is 1. The van der Waals surface area contributed by atoms with Crippen LogP contribution in [0.4, 0.5) is 0 Å². The first-order valence-corrected chi connectivity index (χ1v) is 7.74. The quantitative estimate of drug-likeness (QED) is 0.631. The Hall–Kier alpha value is -1.30. The molecule has 0 spiro atoms. The van der Waals surface area contributed by atoms with Crippen LogP contribution in [0.15, 0.2) is 30.3 Å². The fourth-order valence-electron chi connectivity index (χ4n) is 2.88. The van der Waals surface area contributed by atoms with Crippen LogP contribution in [0.3, 0.4) is 0 Å². The van der Waals surface area contributed by atoms with E-state index in [9.17, 15) is 0 Å². The van der Waals surface area contributed by atoms with Crippen molar-refractivity contribution in [1.82, 2.24) is 10.2 Å². The van der Waals surface area contributed by atoms with Gasteiger partial charge in [-0.1, -0.05) is 30.3 Å². The Balaban J connectivity index is 1.80. The van der Waals surface area contributed by atoms with E-state index in [1.165, 1.54) is 18.5 Å². The van der Waals surface area contributed by atoms with Crippen molar-refractivity contribution >= 4 is 0 Å². The Morgan fingerprint density at radius 3 is 2.85 bits per heavy atom. The van der Waals surface area contributed by atoms with Gasteiger partial charge in [0, 0.05) is 31.6 Å². The number of rotatable bonds is 6. The number of nitrogens with zero attached hydrogens (tertiary/aromatic N) is 1. The Kier molecular flexibility index (Phi) is 6.11. The average molecular weight is 270 g/mol. The van der Waals surface area contributed by atoms with Crippen LogP contribution < -0.4 is 5.32 Å². The molecule has 1 aromatic rings. The summed E-state index contributed by atoms with van der Waals surface area (Å²) in [6, 6.07) is 12.0. The molecule has 2 unspecified atom stereocenters. The topological polar surface area (TPSA) is 15.3 Å². The zero-order chi connectivity index (χ0) is 14.2. The molecule has 108 valence electrons. The lowest BCUT2D eigenvalue weighted by Gasteiger charge is -2.39. The van der Waals surface area contributed by atoms with Gasteiger partial charge in [0.1, 0.15) is 0 Å². The van der Waals surface area contributed by atoms with Crippen LogP contribution >= 0.6 is 0 Å². The zero-order valence-electron chi connectivity index (χ0n) is 12.5. The number of hydrogen-bond acceptors (Lipinski definition) is 2. The minimum atomic E-state index is 0.571. The van der Waals surface area contributed by atoms with Crippen LogP contribution in [0, 0.1) is 12.3 Å². The summed E-state index contributed by atoms with van der Waals surface area (Å²) in [5, 5.41) is 3.67. The molecule has 1 fully saturated rings. The van der Waals surface area contributed by atoms with Crippen molar-refractivity contribution in [1.29, 1.82) is 0 Å². The van der Waals surface area contributed by atoms with E-state index in [-0.39, 0.29) is 0 Å². The second kappa shape index (κ2) is 8.09. The molecule has 1 aromatic carbocycles. The van der Waals surface area contributed by atoms with Crippen LogP contribution in [0.5, 0.6) is 0 Å². The van der Waals surface area contributed by atoms with Crippen molar-refractivity contribution in [2.75, 3.05) is 19.6 Å². The van der Waals surface area contributed by atoms with E-state index < -0.39 is 0 Å². The number of unbranched alkanes of at least 4 members (excludes halogenated alkanes) is 2. The van der Waals surface area contributed by atoms with Gasteiger partial charge in [0.15, 0.2) is 0 Å². The van der Waals surface area contributed by atoms with E-state index in [1.807, 2.05) is 0 Å². The van der Waals surface area contributed by atoms with Crippen LogP contribution in [0.25, 0.3) is 0 Å². The first-order chi connectivity index (χ1) is 9.79. The molecular formula is C18H26N2. The highest BCUT2D eigenvalue weighted by atomic mass is 15.2. The normalized spacial score (nSPS) is 23.4. The van der Waals surface area contributed by atoms with Gasteiger partial charge in [-0.3, -0.25) is 4.90 Å². The molecule has 2 rings (SSSR count). The summed E-state index contributed by atoms with van der Waals surface area (Å²) in [7, 11) is 0. The average Bonchev–Trinajstić information content (AvgIpc) is 2.48. The Morgan fingerprint density at radius 1 is 1.30 bits per heavy atom. The molecular weight excluding hydrogens is 244 g/mol. The third-order valence-electron chi connectivity index (χ3n) is 4.12. The first-order valence-electron chi connectivity index (χ1n) is 7.74. The molecule has 20 heavy (non-hydrogen) atoms. The van der Waals surface area contributed by atoms with Crippen molar-refractivity contribution < 1.29 is 0 Å². The molecule has 1 heterocycles. The standard InChI is InChI=1S/C18H26N2/c1-3-4-5-9-12-20-15-18(19-14-16(20)2)13-17-10-7-6-8-11-17/h1,6-8,10-11,16,18-19H,4-5,9,12-15H2,2H3. The first kappa shape index (κ1) is 15.1. The van der Waals surface area contributed by atoms with Crippen LogP contribution in [0.1, 0.15) is 31.7 Å². The van der Waals surface area contributed by atoms with E-state index in [1.54, 1.807) is 0 Å². The molecule has 0 amide bonds. The van der Waals surface area contributed by atoms with Gasteiger partial charge >= 0.3 is 0 Å². The minimum Gasteiger partial charge on any atom is -0.311 e. The summed E-state index contributed by atoms with van der Waals surface area (Å²) in [6.07, 6.45) is 9.70. The van der Waals surface area contributed by atoms with Gasteiger partial charge in [0.2, 0.25) is 0 Å². The minimum absolute atomic E-state index is 0.571. The lowest BCUT2D eigenvalue weighted by Crippen LogP contribution is -2.56. The molecule has 0 radical (unpaired) electrons. The number of benzene rings is 1. The predicted molar refractivity (Wildman–Crippen MR) is 85.7 cm³/mol. The van der Waals surface area contributed by atoms with E-state index in [2.05, 4.69) is 53.4 Å². The van der Waals surface area contributed by atoms with Crippen LogP contribution in [0.2, 0.25) is 0 Å². The molecule has 1 aliphatic heterocycles. The van der Waals surface area contributed by atoms with Gasteiger partial charge in [-0.25, -0.2) is 0 Å². The lowest BCUT2D eigenvalue weighted by atomic mass is 10.0. The van der Waals surface area contributed by atoms with E-state index in [0.29, 0.717) is 12.1 Å². The van der Waals surface area contributed by atoms with Gasteiger partial charge in [0.05, 0.1) is 0 Å². The largest absolute Gasteiger partial charge is 0.311 e. The lowest BCUT2D eigenvalue weighted by molar-refractivity contribution is 0.138. The monoisotopic (exact) mass is 270 g/mol. The predicted octanol–water partition coefficient (Wildman–Crippen LogP) is 2.69. The van der Waals surface area contributed by atoms with Crippen LogP contribution in [-0.4, -0.2) is 36.6 Å². The molecule has 1 N–H and O–H groups in total. The molecule has 2 nitrogen and oxygen atoms in total. The molecule has 2 atom stereocenters. The summed E-state index contributed by atoms with van der Waals surface area (Å²) < 4.78 is 0. The third kappa shape index (κ3) is 4.67. The summed E-state index contributed by atoms with van der Waals surface area (Å²) in [6.45, 7) is 5.72. The van der Waals surface area contributed by atoms with Crippen molar-refractivity contribution in [2.45, 2.75) is 44.7 Å². The smallest absolute Gasteiger partial charge is 0.0236 e. The maximum atomic E-state index is 5.31. The zero-order valence-corrected chi connectivity index (χ0v) is 12.5. The molecule has 2 heteroatoms. The highest BCUT2D eigenvalue weighted by Gasteiger charge is 2.24. The molecule has 0 bridgehead atoms. The van der Waals surface area contributed by atoms with Gasteiger partial charge in [0.25, 0.3) is 0 Å². The summed E-state index contributed by atoms with van der Waals surface area (Å²) in [5.74, 6) is 2.73. The van der Waals surface area contributed by atoms with Crippen molar-refractivity contribution in [3.8, 4) is 12.3 Å². The number of piperazine rings is 1. The SMILES string of the molecule is C#CCCCCN1CC(Cc2ccccc2)NCC1C. The fourth-order valence-corrected chi connectivity index (χ4v) is 2.88. The van der Waals surface area contributed by atoms with Gasteiger partial charge in [-0.15, -0.1) is 12.3 Å². The van der Waals surface area contributed by atoms with Crippen LogP contribution in [-0.2, 0) is 6.42 Å². The Morgan fingerprint density at radius 2 is 2.10 bits per heavy atom. The molecule has 1 aliphatic rings. The molecule has 0 saturated carbocycles. The van der Waals surface area contributed by atoms with Gasteiger partial charge in [-0.05, 0) is 38.3 Å². The summed E-state index contributed by atoms with van der Waals surface area (Å²) in [5.41, 5.74) is 1.42. The van der Waals surface area contributed by atoms with Crippen molar-refractivity contribution in [3.63, 3.8) is 0 Å². The van der Waals surface area contributed by atoms with E-state index in [4.69, 9.17) is 6.42 Å². The second-order valence-corrected chi connectivity index (χ2v) is 5.80. The third-order valence-corrected chi connectivity index (χ3v) is 4.12. The Labute approximate surface area is 123 Å². The molecule has 0 aliphatic carbocycles. The maximum Gasteiger partial charge on any atom is 0.0236 e. The molecule has 1 saturated heterocycles.